The Labute approximate surface area is 143 Å². The second-order valence-electron chi connectivity index (χ2n) is 5.31. The lowest BCUT2D eigenvalue weighted by molar-refractivity contribution is 0.241. The molecule has 0 spiro atoms. The van der Waals surface area contributed by atoms with Crippen molar-refractivity contribution in [1.82, 2.24) is 4.90 Å². The number of hydrogen-bond acceptors (Lipinski definition) is 2. The van der Waals surface area contributed by atoms with Crippen LogP contribution in [0.5, 0.6) is 0 Å². The zero-order valence-electron chi connectivity index (χ0n) is 12.3. The molecular formula is C17H20Br2N2. The zero-order chi connectivity index (χ0) is 15.4. The Bertz CT molecular complexity index is 613. The first-order chi connectivity index (χ1) is 10.0. The maximum atomic E-state index is 6.01. The van der Waals surface area contributed by atoms with Gasteiger partial charge >= 0.3 is 0 Å². The second kappa shape index (κ2) is 7.54. The molecule has 0 amide bonds. The lowest BCUT2D eigenvalue weighted by Gasteiger charge is -2.28. The van der Waals surface area contributed by atoms with Gasteiger partial charge in [-0.3, -0.25) is 4.90 Å². The monoisotopic (exact) mass is 410 g/mol. The van der Waals surface area contributed by atoms with Gasteiger partial charge in [0.1, 0.15) is 0 Å². The molecule has 2 N–H and O–H groups in total. The van der Waals surface area contributed by atoms with Crippen LogP contribution in [0.4, 0.5) is 0 Å². The largest absolute Gasteiger partial charge is 0.329 e. The number of halogens is 2. The van der Waals surface area contributed by atoms with E-state index >= 15 is 0 Å². The molecule has 0 heterocycles. The SMILES string of the molecule is Cc1ccc(C(CN)N(C)Cc2cccc(Br)c2)cc1Br. The Morgan fingerprint density at radius 2 is 1.90 bits per heavy atom. The van der Waals surface area contributed by atoms with Crippen LogP contribution in [0.25, 0.3) is 0 Å². The van der Waals surface area contributed by atoms with Gasteiger partial charge in [0.05, 0.1) is 0 Å². The van der Waals surface area contributed by atoms with Gasteiger partial charge in [0.2, 0.25) is 0 Å². The van der Waals surface area contributed by atoms with E-state index in [0.717, 1.165) is 15.5 Å². The van der Waals surface area contributed by atoms with Gasteiger partial charge in [0, 0.05) is 28.1 Å². The van der Waals surface area contributed by atoms with Crippen molar-refractivity contribution in [3.63, 3.8) is 0 Å². The topological polar surface area (TPSA) is 29.3 Å². The Kier molecular flexibility index (Phi) is 5.99. The van der Waals surface area contributed by atoms with Crippen molar-refractivity contribution in [3.8, 4) is 0 Å². The van der Waals surface area contributed by atoms with Gasteiger partial charge in [-0.15, -0.1) is 0 Å². The third-order valence-electron chi connectivity index (χ3n) is 3.66. The lowest BCUT2D eigenvalue weighted by Crippen LogP contribution is -2.30. The minimum atomic E-state index is 0.209. The predicted molar refractivity (Wildman–Crippen MR) is 96.3 cm³/mol. The molecule has 0 aliphatic rings. The highest BCUT2D eigenvalue weighted by Gasteiger charge is 2.16. The Balaban J connectivity index is 2.18. The van der Waals surface area contributed by atoms with Gasteiger partial charge in [-0.2, -0.15) is 0 Å². The van der Waals surface area contributed by atoms with E-state index in [2.05, 4.69) is 87.1 Å². The standard InChI is InChI=1S/C17H20Br2N2/c1-12-6-7-14(9-16(12)19)17(10-20)21(2)11-13-4-3-5-15(18)8-13/h3-9,17H,10-11,20H2,1-2H3. The van der Waals surface area contributed by atoms with E-state index in [9.17, 15) is 0 Å². The molecule has 0 saturated carbocycles. The second-order valence-corrected chi connectivity index (χ2v) is 7.08. The van der Waals surface area contributed by atoms with E-state index in [-0.39, 0.29) is 6.04 Å². The molecule has 0 aliphatic heterocycles. The molecular weight excluding hydrogens is 392 g/mol. The summed E-state index contributed by atoms with van der Waals surface area (Å²) in [6.45, 7) is 3.56. The summed E-state index contributed by atoms with van der Waals surface area (Å²) in [5, 5.41) is 0. The van der Waals surface area contributed by atoms with Crippen LogP contribution >= 0.6 is 31.9 Å². The lowest BCUT2D eigenvalue weighted by atomic mass is 10.0. The molecule has 0 fully saturated rings. The summed E-state index contributed by atoms with van der Waals surface area (Å²) < 4.78 is 2.24. The Morgan fingerprint density at radius 3 is 2.52 bits per heavy atom. The molecule has 2 aromatic rings. The van der Waals surface area contributed by atoms with Crippen LogP contribution in [0, 0.1) is 6.92 Å². The fraction of sp³-hybridized carbons (Fsp3) is 0.294. The summed E-state index contributed by atoms with van der Waals surface area (Å²) in [5.41, 5.74) is 9.77. The minimum Gasteiger partial charge on any atom is -0.329 e. The van der Waals surface area contributed by atoms with Crippen LogP contribution in [0.3, 0.4) is 0 Å². The van der Waals surface area contributed by atoms with Crippen molar-refractivity contribution < 1.29 is 0 Å². The summed E-state index contributed by atoms with van der Waals surface area (Å²) in [7, 11) is 2.12. The molecule has 0 aromatic heterocycles. The molecule has 0 aliphatic carbocycles. The van der Waals surface area contributed by atoms with E-state index in [0.29, 0.717) is 6.54 Å². The first-order valence-electron chi connectivity index (χ1n) is 6.92. The smallest absolute Gasteiger partial charge is 0.0471 e. The van der Waals surface area contributed by atoms with Crippen molar-refractivity contribution in [2.75, 3.05) is 13.6 Å². The van der Waals surface area contributed by atoms with Gasteiger partial charge in [0.25, 0.3) is 0 Å². The molecule has 112 valence electrons. The van der Waals surface area contributed by atoms with Crippen molar-refractivity contribution >= 4 is 31.9 Å². The summed E-state index contributed by atoms with van der Waals surface area (Å²) in [6, 6.07) is 15.1. The first-order valence-corrected chi connectivity index (χ1v) is 8.50. The van der Waals surface area contributed by atoms with Crippen molar-refractivity contribution in [1.29, 1.82) is 0 Å². The quantitative estimate of drug-likeness (QED) is 0.775. The minimum absolute atomic E-state index is 0.209. The highest BCUT2D eigenvalue weighted by atomic mass is 79.9. The number of aryl methyl sites for hydroxylation is 1. The Morgan fingerprint density at radius 1 is 1.14 bits per heavy atom. The van der Waals surface area contributed by atoms with Gasteiger partial charge < -0.3 is 5.73 Å². The third-order valence-corrected chi connectivity index (χ3v) is 5.00. The summed E-state index contributed by atoms with van der Waals surface area (Å²) in [4.78, 5) is 2.29. The highest BCUT2D eigenvalue weighted by molar-refractivity contribution is 9.10. The maximum absolute atomic E-state index is 6.01. The number of likely N-dealkylation sites (N-methyl/N-ethyl adjacent to an activating group) is 1. The van der Waals surface area contributed by atoms with E-state index in [1.54, 1.807) is 0 Å². The van der Waals surface area contributed by atoms with Crippen LogP contribution in [-0.4, -0.2) is 18.5 Å². The van der Waals surface area contributed by atoms with Crippen LogP contribution in [0.2, 0.25) is 0 Å². The normalized spacial score (nSPS) is 12.7. The van der Waals surface area contributed by atoms with E-state index < -0.39 is 0 Å². The number of rotatable bonds is 5. The maximum Gasteiger partial charge on any atom is 0.0471 e. The molecule has 2 nitrogen and oxygen atoms in total. The first kappa shape index (κ1) is 16.7. The summed E-state index contributed by atoms with van der Waals surface area (Å²) in [6.07, 6.45) is 0. The van der Waals surface area contributed by atoms with E-state index in [1.165, 1.54) is 16.7 Å². The fourth-order valence-corrected chi connectivity index (χ4v) is 3.26. The van der Waals surface area contributed by atoms with Crippen LogP contribution < -0.4 is 5.73 Å². The van der Waals surface area contributed by atoms with E-state index in [4.69, 9.17) is 5.73 Å². The number of nitrogens with two attached hydrogens (primary N) is 1. The summed E-state index contributed by atoms with van der Waals surface area (Å²) >= 11 is 7.12. The number of nitrogens with zero attached hydrogens (tertiary/aromatic N) is 1. The van der Waals surface area contributed by atoms with Gasteiger partial charge in [-0.05, 0) is 48.9 Å². The predicted octanol–water partition coefficient (Wildman–Crippen LogP) is 4.65. The van der Waals surface area contributed by atoms with Crippen LogP contribution in [0.15, 0.2) is 51.4 Å². The third kappa shape index (κ3) is 4.39. The van der Waals surface area contributed by atoms with Crippen molar-refractivity contribution in [3.05, 3.63) is 68.1 Å². The number of hydrogen-bond donors (Lipinski definition) is 1. The molecule has 21 heavy (non-hydrogen) atoms. The van der Waals surface area contributed by atoms with Crippen molar-refractivity contribution in [2.24, 2.45) is 5.73 Å². The van der Waals surface area contributed by atoms with E-state index in [1.807, 2.05) is 6.07 Å². The molecule has 0 radical (unpaired) electrons. The molecule has 2 rings (SSSR count). The molecule has 4 heteroatoms. The highest BCUT2D eigenvalue weighted by Crippen LogP contribution is 2.26. The average molecular weight is 412 g/mol. The van der Waals surface area contributed by atoms with Crippen LogP contribution in [-0.2, 0) is 6.54 Å². The average Bonchev–Trinajstić information content (AvgIpc) is 2.43. The van der Waals surface area contributed by atoms with Gasteiger partial charge in [-0.25, -0.2) is 0 Å². The van der Waals surface area contributed by atoms with Crippen molar-refractivity contribution in [2.45, 2.75) is 19.5 Å². The molecule has 0 saturated heterocycles. The summed E-state index contributed by atoms with van der Waals surface area (Å²) in [5.74, 6) is 0. The molecule has 1 unspecified atom stereocenters. The van der Waals surface area contributed by atoms with Crippen LogP contribution in [0.1, 0.15) is 22.7 Å². The molecule has 2 aromatic carbocycles. The molecule has 0 bridgehead atoms. The Hall–Kier alpha value is -0.680. The number of benzene rings is 2. The fourth-order valence-electron chi connectivity index (χ4n) is 2.42. The zero-order valence-corrected chi connectivity index (χ0v) is 15.5. The van der Waals surface area contributed by atoms with Gasteiger partial charge in [-0.1, -0.05) is 56.1 Å². The molecule has 1 atom stereocenters. The van der Waals surface area contributed by atoms with Gasteiger partial charge in [0.15, 0.2) is 0 Å².